The first-order chi connectivity index (χ1) is 15.0. The molecule has 0 aliphatic carbocycles. The van der Waals surface area contributed by atoms with Crippen LogP contribution in [0.3, 0.4) is 0 Å². The molecule has 0 radical (unpaired) electrons. The number of amides is 2. The number of nitrogens with one attached hydrogen (secondary N) is 2. The Morgan fingerprint density at radius 1 is 0.677 bits per heavy atom. The number of hydrogen-bond donors (Lipinski definition) is 4. The first-order valence-corrected chi connectivity index (χ1v) is 11.9. The highest BCUT2D eigenvalue weighted by atomic mass is 16.3. The van der Waals surface area contributed by atoms with Gasteiger partial charge in [-0.05, 0) is 25.7 Å². The summed E-state index contributed by atoms with van der Waals surface area (Å²) in [6.07, 6.45) is 15.0. The second kappa shape index (κ2) is 20.2. The Bertz CT molecular complexity index is 475. The van der Waals surface area contributed by atoms with Crippen molar-refractivity contribution >= 4 is 11.8 Å². The molecule has 0 atom stereocenters. The molecule has 0 bridgehead atoms. The number of hydrogen-bond acceptors (Lipinski definition) is 4. The highest BCUT2D eigenvalue weighted by Gasteiger charge is 2.26. The van der Waals surface area contributed by atoms with Gasteiger partial charge < -0.3 is 25.3 Å². The van der Waals surface area contributed by atoms with E-state index in [1.165, 1.54) is 0 Å². The predicted octanol–water partition coefficient (Wildman–Crippen LogP) is 2.29. The Labute approximate surface area is 189 Å². The van der Waals surface area contributed by atoms with Crippen molar-refractivity contribution in [3.8, 4) is 0 Å². The molecule has 0 heterocycles. The Hall–Kier alpha value is -1.70. The van der Waals surface area contributed by atoms with E-state index in [0.29, 0.717) is 56.6 Å². The van der Waals surface area contributed by atoms with E-state index in [2.05, 4.69) is 36.6 Å². The van der Waals surface area contributed by atoms with Gasteiger partial charge in [0.05, 0.1) is 39.4 Å². The number of allylic oxidation sites excluding steroid dienone is 4. The van der Waals surface area contributed by atoms with E-state index in [1.54, 1.807) is 0 Å². The number of nitrogens with zero attached hydrogens (tertiary/aromatic N) is 1. The summed E-state index contributed by atoms with van der Waals surface area (Å²) in [6, 6.07) is 0. The normalized spacial score (nSPS) is 12.0. The van der Waals surface area contributed by atoms with Crippen LogP contribution in [0.25, 0.3) is 0 Å². The molecule has 7 heteroatoms. The van der Waals surface area contributed by atoms with Gasteiger partial charge in [-0.3, -0.25) is 9.59 Å². The van der Waals surface area contributed by atoms with Crippen LogP contribution in [-0.2, 0) is 9.59 Å². The molecule has 180 valence electrons. The smallest absolute Gasteiger partial charge is 0.220 e. The zero-order valence-corrected chi connectivity index (χ0v) is 19.8. The van der Waals surface area contributed by atoms with Crippen LogP contribution in [0.4, 0.5) is 0 Å². The van der Waals surface area contributed by atoms with Gasteiger partial charge in [-0.15, -0.1) is 0 Å². The van der Waals surface area contributed by atoms with Gasteiger partial charge in [0, 0.05) is 12.8 Å². The molecule has 0 fully saturated rings. The minimum atomic E-state index is -0.00760. The largest absolute Gasteiger partial charge is 0.391 e. The highest BCUT2D eigenvalue weighted by Crippen LogP contribution is 2.06. The molecule has 0 unspecified atom stereocenters. The molecule has 4 N–H and O–H groups in total. The molecule has 0 aromatic rings. The zero-order valence-electron chi connectivity index (χ0n) is 19.8. The lowest BCUT2D eigenvalue weighted by Gasteiger charge is -2.38. The summed E-state index contributed by atoms with van der Waals surface area (Å²) in [4.78, 5) is 24.1. The second-order valence-electron chi connectivity index (χ2n) is 7.98. The van der Waals surface area contributed by atoms with E-state index in [0.717, 1.165) is 38.5 Å². The molecule has 0 aromatic heterocycles. The lowest BCUT2D eigenvalue weighted by atomic mass is 10.2. The standard InChI is InChI=1S/C24H45N3O4/c1-3-5-7-9-11-13-23(30)25-15-17-27(19-21-28,20-22-29)18-16-26-24(31)14-12-10-8-6-4-2/h7-10,28-29H,3-6,11-22H2,1-2H3,(H-,25,26,30,31)/p+1/b9-7+,10-8+. The van der Waals surface area contributed by atoms with Gasteiger partial charge >= 0.3 is 0 Å². The van der Waals surface area contributed by atoms with Crippen LogP contribution in [0.15, 0.2) is 24.3 Å². The molecule has 31 heavy (non-hydrogen) atoms. The van der Waals surface area contributed by atoms with E-state index in [4.69, 9.17) is 0 Å². The van der Waals surface area contributed by atoms with Crippen LogP contribution in [0.1, 0.15) is 65.2 Å². The first kappa shape index (κ1) is 29.3. The Kier molecular flexibility index (Phi) is 19.1. The average molecular weight is 441 g/mol. The quantitative estimate of drug-likeness (QED) is 0.172. The second-order valence-corrected chi connectivity index (χ2v) is 7.98. The van der Waals surface area contributed by atoms with Gasteiger partial charge in [-0.1, -0.05) is 51.0 Å². The Balaban J connectivity index is 4.41. The van der Waals surface area contributed by atoms with Crippen molar-refractivity contribution in [2.24, 2.45) is 0 Å². The summed E-state index contributed by atoms with van der Waals surface area (Å²) in [5.74, 6) is 0.0216. The number of quaternary nitrogens is 1. The van der Waals surface area contributed by atoms with Crippen molar-refractivity contribution in [3.63, 3.8) is 0 Å². The Morgan fingerprint density at radius 2 is 1.06 bits per heavy atom. The van der Waals surface area contributed by atoms with E-state index in [1.807, 2.05) is 12.2 Å². The molecule has 0 aliphatic rings. The van der Waals surface area contributed by atoms with Crippen LogP contribution in [0, 0.1) is 0 Å². The Morgan fingerprint density at radius 3 is 1.42 bits per heavy atom. The van der Waals surface area contributed by atoms with E-state index in [-0.39, 0.29) is 25.0 Å². The fraction of sp³-hybridized carbons (Fsp3) is 0.750. The van der Waals surface area contributed by atoms with E-state index in [9.17, 15) is 19.8 Å². The zero-order chi connectivity index (χ0) is 23.2. The van der Waals surface area contributed by atoms with E-state index >= 15 is 0 Å². The topological polar surface area (TPSA) is 98.7 Å². The molecule has 0 rings (SSSR count). The van der Waals surface area contributed by atoms with Crippen LogP contribution in [0.5, 0.6) is 0 Å². The van der Waals surface area contributed by atoms with Crippen LogP contribution in [0.2, 0.25) is 0 Å². The highest BCUT2D eigenvalue weighted by molar-refractivity contribution is 5.76. The van der Waals surface area contributed by atoms with Crippen LogP contribution in [-0.4, -0.2) is 79.0 Å². The average Bonchev–Trinajstić information content (AvgIpc) is 2.74. The molecule has 0 saturated carbocycles. The molecule has 0 aromatic carbocycles. The van der Waals surface area contributed by atoms with Gasteiger partial charge in [-0.2, -0.15) is 0 Å². The van der Waals surface area contributed by atoms with Gasteiger partial charge in [0.2, 0.25) is 11.8 Å². The summed E-state index contributed by atoms with van der Waals surface area (Å²) in [6.45, 7) is 7.36. The van der Waals surface area contributed by atoms with Gasteiger partial charge in [-0.25, -0.2) is 0 Å². The molecule has 0 aliphatic heterocycles. The third-order valence-electron chi connectivity index (χ3n) is 5.29. The number of carbonyl (C=O) groups is 2. The van der Waals surface area contributed by atoms with Gasteiger partial charge in [0.25, 0.3) is 0 Å². The SMILES string of the molecule is CCC/C=C/CCC(=O)NCC[N+](CCO)(CCO)CCNC(=O)CC/C=C/CCC. The third kappa shape index (κ3) is 16.6. The lowest BCUT2D eigenvalue weighted by molar-refractivity contribution is -0.926. The predicted molar refractivity (Wildman–Crippen MR) is 126 cm³/mol. The molecule has 0 saturated heterocycles. The summed E-state index contributed by atoms with van der Waals surface area (Å²) in [5.41, 5.74) is 0. The van der Waals surface area contributed by atoms with Crippen molar-refractivity contribution in [2.75, 3.05) is 52.5 Å². The van der Waals surface area contributed by atoms with Gasteiger partial charge in [0.15, 0.2) is 0 Å². The van der Waals surface area contributed by atoms with Crippen molar-refractivity contribution in [1.82, 2.24) is 10.6 Å². The van der Waals surface area contributed by atoms with Crippen molar-refractivity contribution in [3.05, 3.63) is 24.3 Å². The van der Waals surface area contributed by atoms with Crippen molar-refractivity contribution < 1.29 is 24.3 Å². The molecular formula is C24H46N3O4+. The first-order valence-electron chi connectivity index (χ1n) is 11.9. The summed E-state index contributed by atoms with van der Waals surface area (Å²) in [7, 11) is 0. The van der Waals surface area contributed by atoms with Gasteiger partial charge in [0.1, 0.15) is 13.1 Å². The summed E-state index contributed by atoms with van der Waals surface area (Å²) in [5, 5.41) is 25.0. The summed E-state index contributed by atoms with van der Waals surface area (Å²) >= 11 is 0. The monoisotopic (exact) mass is 440 g/mol. The lowest BCUT2D eigenvalue weighted by Crippen LogP contribution is -2.57. The molecule has 0 spiro atoms. The van der Waals surface area contributed by atoms with Crippen molar-refractivity contribution in [1.29, 1.82) is 0 Å². The number of unbranched alkanes of at least 4 members (excludes halogenated alkanes) is 2. The molecular weight excluding hydrogens is 394 g/mol. The summed E-state index contributed by atoms with van der Waals surface area (Å²) < 4.78 is 0.459. The fourth-order valence-corrected chi connectivity index (χ4v) is 3.37. The maximum Gasteiger partial charge on any atom is 0.220 e. The number of carbonyl (C=O) groups excluding carboxylic acids is 2. The molecule has 2 amide bonds. The minimum absolute atomic E-state index is 0.00760. The maximum absolute atomic E-state index is 12.0. The van der Waals surface area contributed by atoms with Crippen LogP contribution >= 0.6 is 0 Å². The number of rotatable bonds is 20. The van der Waals surface area contributed by atoms with Crippen LogP contribution < -0.4 is 10.6 Å². The minimum Gasteiger partial charge on any atom is -0.391 e. The number of aliphatic hydroxyl groups excluding tert-OH is 2. The van der Waals surface area contributed by atoms with E-state index < -0.39 is 0 Å². The maximum atomic E-state index is 12.0. The fourth-order valence-electron chi connectivity index (χ4n) is 3.37. The molecule has 7 nitrogen and oxygen atoms in total. The van der Waals surface area contributed by atoms with Crippen molar-refractivity contribution in [2.45, 2.75) is 65.2 Å². The number of aliphatic hydroxyl groups is 2. The third-order valence-corrected chi connectivity index (χ3v) is 5.29.